The first-order chi connectivity index (χ1) is 28.2. The molecule has 8 aromatic carbocycles. The Morgan fingerprint density at radius 2 is 0.789 bits per heavy atom. The van der Waals surface area contributed by atoms with Crippen molar-refractivity contribution in [1.29, 1.82) is 0 Å². The zero-order chi connectivity index (χ0) is 38.0. The summed E-state index contributed by atoms with van der Waals surface area (Å²) in [5.41, 5.74) is 15.3. The molecule has 0 spiro atoms. The molecule has 0 saturated heterocycles. The van der Waals surface area contributed by atoms with Gasteiger partial charge in [0.2, 0.25) is 0 Å². The van der Waals surface area contributed by atoms with Gasteiger partial charge in [-0.2, -0.15) is 0 Å². The Morgan fingerprint density at radius 3 is 1.28 bits per heavy atom. The highest BCUT2D eigenvalue weighted by molar-refractivity contribution is 6.07. The second kappa shape index (κ2) is 15.1. The van der Waals surface area contributed by atoms with Gasteiger partial charge in [0.05, 0.1) is 0 Å². The van der Waals surface area contributed by atoms with E-state index in [4.69, 9.17) is 4.42 Å². The van der Waals surface area contributed by atoms with Crippen molar-refractivity contribution in [3.8, 4) is 22.3 Å². The molecule has 57 heavy (non-hydrogen) atoms. The summed E-state index contributed by atoms with van der Waals surface area (Å²) >= 11 is 0. The van der Waals surface area contributed by atoms with Crippen LogP contribution in [0.1, 0.15) is 18.4 Å². The van der Waals surface area contributed by atoms with Gasteiger partial charge in [0.15, 0.2) is 0 Å². The molecule has 0 radical (unpaired) electrons. The van der Waals surface area contributed by atoms with E-state index in [-0.39, 0.29) is 0 Å². The monoisotopic (exact) mass is 732 g/mol. The van der Waals surface area contributed by atoms with Crippen molar-refractivity contribution >= 4 is 61.6 Å². The molecule has 0 unspecified atom stereocenters. The minimum absolute atomic E-state index is 0.899. The average Bonchev–Trinajstić information content (AvgIpc) is 3.66. The molecule has 0 fully saturated rings. The van der Waals surface area contributed by atoms with E-state index in [0.29, 0.717) is 0 Å². The molecule has 1 aromatic heterocycles. The third kappa shape index (κ3) is 6.81. The number of fused-ring (bicyclic) bond motifs is 3. The fourth-order valence-corrected chi connectivity index (χ4v) is 8.07. The predicted octanol–water partition coefficient (Wildman–Crippen LogP) is 15.6. The van der Waals surface area contributed by atoms with Crippen LogP contribution in [0, 0.1) is 0 Å². The molecule has 0 saturated carbocycles. The van der Waals surface area contributed by atoms with Crippen molar-refractivity contribution in [3.05, 3.63) is 224 Å². The largest absolute Gasteiger partial charge is 0.456 e. The maximum Gasteiger partial charge on any atom is 0.135 e. The Morgan fingerprint density at radius 1 is 0.333 bits per heavy atom. The van der Waals surface area contributed by atoms with Gasteiger partial charge in [-0.1, -0.05) is 121 Å². The van der Waals surface area contributed by atoms with E-state index in [9.17, 15) is 0 Å². The van der Waals surface area contributed by atoms with E-state index in [0.717, 1.165) is 91.2 Å². The number of hydrogen-bond donors (Lipinski definition) is 0. The van der Waals surface area contributed by atoms with Gasteiger partial charge in [-0.15, -0.1) is 0 Å². The lowest BCUT2D eigenvalue weighted by molar-refractivity contribution is 0.669. The number of allylic oxidation sites excluding steroid dienone is 4. The van der Waals surface area contributed by atoms with E-state index >= 15 is 0 Å². The first kappa shape index (κ1) is 34.2. The van der Waals surface area contributed by atoms with Gasteiger partial charge in [-0.25, -0.2) is 0 Å². The number of furan rings is 1. The molecule has 0 bridgehead atoms. The van der Waals surface area contributed by atoms with Crippen LogP contribution >= 0.6 is 0 Å². The highest BCUT2D eigenvalue weighted by atomic mass is 16.3. The zero-order valence-electron chi connectivity index (χ0n) is 31.5. The van der Waals surface area contributed by atoms with Gasteiger partial charge in [-0.3, -0.25) is 0 Å². The molecule has 272 valence electrons. The molecular weight excluding hydrogens is 693 g/mol. The Labute approximate surface area is 333 Å². The van der Waals surface area contributed by atoms with Crippen LogP contribution in [-0.2, 0) is 0 Å². The Hall–Kier alpha value is -7.36. The standard InChI is InChI=1S/C54H40N2O/c1-6-17-39(18-7-1)42-29-31-53-51(36-42)52-37-43(30-32-54(52)57-53)40-19-16-20-41(33-40)44-34-49(55(45-21-8-2-9-22-45)46-23-10-3-11-24-46)38-50(35-44)56(47-25-12-4-13-26-47)48-27-14-5-15-28-48/h2-6,8-38H,1,7H2. The first-order valence-corrected chi connectivity index (χ1v) is 19.6. The zero-order valence-corrected chi connectivity index (χ0v) is 31.5. The summed E-state index contributed by atoms with van der Waals surface area (Å²) in [5.74, 6) is 0. The number of para-hydroxylation sites is 4. The number of benzene rings is 8. The summed E-state index contributed by atoms with van der Waals surface area (Å²) in [6, 6.07) is 71.5. The molecule has 1 aliphatic carbocycles. The highest BCUT2D eigenvalue weighted by Crippen LogP contribution is 2.44. The van der Waals surface area contributed by atoms with Crippen LogP contribution in [0.5, 0.6) is 0 Å². The molecule has 0 aliphatic heterocycles. The summed E-state index contributed by atoms with van der Waals surface area (Å²) in [4.78, 5) is 4.69. The summed E-state index contributed by atoms with van der Waals surface area (Å²) < 4.78 is 6.35. The Kier molecular flexibility index (Phi) is 9.02. The quantitative estimate of drug-likeness (QED) is 0.147. The van der Waals surface area contributed by atoms with Crippen LogP contribution in [0.2, 0.25) is 0 Å². The van der Waals surface area contributed by atoms with Crippen molar-refractivity contribution in [3.63, 3.8) is 0 Å². The summed E-state index contributed by atoms with van der Waals surface area (Å²) in [6.45, 7) is 0. The van der Waals surface area contributed by atoms with Crippen molar-refractivity contribution in [2.75, 3.05) is 9.80 Å². The first-order valence-electron chi connectivity index (χ1n) is 19.6. The topological polar surface area (TPSA) is 19.6 Å². The average molecular weight is 733 g/mol. The van der Waals surface area contributed by atoms with Gasteiger partial charge < -0.3 is 14.2 Å². The minimum atomic E-state index is 0.899. The van der Waals surface area contributed by atoms with E-state index in [1.54, 1.807) is 0 Å². The highest BCUT2D eigenvalue weighted by Gasteiger charge is 2.20. The van der Waals surface area contributed by atoms with Gasteiger partial charge in [0.1, 0.15) is 11.2 Å². The molecule has 0 atom stereocenters. The van der Waals surface area contributed by atoms with Crippen molar-refractivity contribution in [1.82, 2.24) is 0 Å². The van der Waals surface area contributed by atoms with E-state index in [1.807, 2.05) is 0 Å². The molecule has 10 rings (SSSR count). The molecule has 0 amide bonds. The van der Waals surface area contributed by atoms with Crippen LogP contribution in [0.4, 0.5) is 34.1 Å². The molecular formula is C54H40N2O. The third-order valence-corrected chi connectivity index (χ3v) is 10.8. The minimum Gasteiger partial charge on any atom is -0.456 e. The fraction of sp³-hybridized carbons (Fsp3) is 0.0370. The van der Waals surface area contributed by atoms with Crippen molar-refractivity contribution in [2.24, 2.45) is 0 Å². The number of hydrogen-bond acceptors (Lipinski definition) is 3. The second-order valence-electron chi connectivity index (χ2n) is 14.5. The SMILES string of the molecule is C1=CC(c2ccc3oc4ccc(-c5cccc(-c6cc(N(c7ccccc7)c7ccccc7)cc(N(c7ccccc7)c7ccccc7)c6)c5)cc4c3c2)=CCC1. The molecule has 9 aromatic rings. The second-order valence-corrected chi connectivity index (χ2v) is 14.5. The molecule has 3 heteroatoms. The summed E-state index contributed by atoms with van der Waals surface area (Å²) in [6.07, 6.45) is 9.01. The van der Waals surface area contributed by atoms with Gasteiger partial charge in [0.25, 0.3) is 0 Å². The lowest BCUT2D eigenvalue weighted by atomic mass is 9.96. The summed E-state index contributed by atoms with van der Waals surface area (Å²) in [5, 5.41) is 2.27. The maximum absolute atomic E-state index is 6.35. The Balaban J connectivity index is 1.14. The summed E-state index contributed by atoms with van der Waals surface area (Å²) in [7, 11) is 0. The van der Waals surface area contributed by atoms with Crippen LogP contribution in [-0.4, -0.2) is 0 Å². The predicted molar refractivity (Wildman–Crippen MR) is 240 cm³/mol. The van der Waals surface area contributed by atoms with Gasteiger partial charge >= 0.3 is 0 Å². The smallest absolute Gasteiger partial charge is 0.135 e. The Bertz CT molecular complexity index is 2710. The van der Waals surface area contributed by atoms with Crippen LogP contribution < -0.4 is 9.80 Å². The van der Waals surface area contributed by atoms with Crippen LogP contribution in [0.3, 0.4) is 0 Å². The van der Waals surface area contributed by atoms with E-state index in [2.05, 4.69) is 228 Å². The third-order valence-electron chi connectivity index (χ3n) is 10.8. The van der Waals surface area contributed by atoms with Crippen LogP contribution in [0.15, 0.2) is 223 Å². The molecule has 1 aliphatic rings. The van der Waals surface area contributed by atoms with E-state index in [1.165, 1.54) is 11.1 Å². The number of nitrogens with zero attached hydrogens (tertiary/aromatic N) is 2. The van der Waals surface area contributed by atoms with Gasteiger partial charge in [0, 0.05) is 44.9 Å². The molecule has 0 N–H and O–H groups in total. The normalized spacial score (nSPS) is 12.5. The lowest BCUT2D eigenvalue weighted by Gasteiger charge is -2.30. The van der Waals surface area contributed by atoms with Crippen molar-refractivity contribution < 1.29 is 4.42 Å². The maximum atomic E-state index is 6.35. The van der Waals surface area contributed by atoms with Crippen molar-refractivity contribution in [2.45, 2.75) is 12.8 Å². The number of rotatable bonds is 9. The lowest BCUT2D eigenvalue weighted by Crippen LogP contribution is -2.13. The number of anilines is 6. The fourth-order valence-electron chi connectivity index (χ4n) is 8.07. The molecule has 1 heterocycles. The van der Waals surface area contributed by atoms with Gasteiger partial charge in [-0.05, 0) is 143 Å². The molecule has 3 nitrogen and oxygen atoms in total. The van der Waals surface area contributed by atoms with Crippen LogP contribution in [0.25, 0.3) is 49.8 Å². The van der Waals surface area contributed by atoms with E-state index < -0.39 is 0 Å².